The fraction of sp³-hybridized carbons (Fsp3) is 0.304. The van der Waals surface area contributed by atoms with Gasteiger partial charge in [0, 0.05) is 38.1 Å². The first-order valence-corrected chi connectivity index (χ1v) is 10.1. The number of hydrogen-bond donors (Lipinski definition) is 1. The van der Waals surface area contributed by atoms with Gasteiger partial charge in [-0.1, -0.05) is 31.2 Å². The van der Waals surface area contributed by atoms with Gasteiger partial charge in [0.15, 0.2) is 0 Å². The van der Waals surface area contributed by atoms with Gasteiger partial charge in [0.05, 0.1) is 12.8 Å². The number of aromatic nitrogens is 2. The van der Waals surface area contributed by atoms with Crippen molar-refractivity contribution in [2.45, 2.75) is 13.3 Å². The molecule has 6 heteroatoms. The van der Waals surface area contributed by atoms with E-state index in [2.05, 4.69) is 63.4 Å². The Morgan fingerprint density at radius 1 is 0.931 bits per heavy atom. The normalized spacial score (nSPS) is 14.0. The van der Waals surface area contributed by atoms with Crippen molar-refractivity contribution in [3.8, 4) is 5.75 Å². The predicted octanol–water partition coefficient (Wildman–Crippen LogP) is 4.12. The van der Waals surface area contributed by atoms with E-state index in [0.717, 1.165) is 55.5 Å². The average Bonchev–Trinajstić information content (AvgIpc) is 2.80. The van der Waals surface area contributed by atoms with Gasteiger partial charge in [0.25, 0.3) is 0 Å². The third kappa shape index (κ3) is 4.42. The Morgan fingerprint density at radius 2 is 1.66 bits per heavy atom. The van der Waals surface area contributed by atoms with E-state index in [0.29, 0.717) is 5.95 Å². The highest BCUT2D eigenvalue weighted by Gasteiger charge is 2.20. The summed E-state index contributed by atoms with van der Waals surface area (Å²) in [5.74, 6) is 2.50. The van der Waals surface area contributed by atoms with Crippen LogP contribution in [0.3, 0.4) is 0 Å². The van der Waals surface area contributed by atoms with E-state index in [1.165, 1.54) is 5.56 Å². The molecule has 3 aromatic rings. The van der Waals surface area contributed by atoms with Crippen LogP contribution in [0.25, 0.3) is 0 Å². The number of nitrogens with one attached hydrogen (secondary N) is 1. The second-order valence-electron chi connectivity index (χ2n) is 7.06. The van der Waals surface area contributed by atoms with Gasteiger partial charge in [-0.25, -0.2) is 4.98 Å². The molecule has 1 fully saturated rings. The summed E-state index contributed by atoms with van der Waals surface area (Å²) in [5.41, 5.74) is 3.47. The van der Waals surface area contributed by atoms with E-state index >= 15 is 0 Å². The molecule has 0 radical (unpaired) electrons. The molecule has 0 spiro atoms. The minimum atomic E-state index is 0.624. The van der Waals surface area contributed by atoms with Crippen LogP contribution in [0.15, 0.2) is 60.8 Å². The molecule has 1 N–H and O–H groups in total. The van der Waals surface area contributed by atoms with Crippen LogP contribution in [-0.4, -0.2) is 43.3 Å². The number of rotatable bonds is 6. The second-order valence-corrected chi connectivity index (χ2v) is 7.06. The molecule has 2 aromatic carbocycles. The fourth-order valence-corrected chi connectivity index (χ4v) is 3.61. The monoisotopic (exact) mass is 389 g/mol. The number of anilines is 4. The molecule has 0 amide bonds. The van der Waals surface area contributed by atoms with Crippen LogP contribution in [0.5, 0.6) is 5.75 Å². The molecule has 0 bridgehead atoms. The lowest BCUT2D eigenvalue weighted by atomic mass is 10.1. The van der Waals surface area contributed by atoms with Crippen LogP contribution in [0.4, 0.5) is 23.1 Å². The van der Waals surface area contributed by atoms with Gasteiger partial charge in [-0.2, -0.15) is 4.98 Å². The van der Waals surface area contributed by atoms with Crippen molar-refractivity contribution >= 4 is 23.1 Å². The van der Waals surface area contributed by atoms with Gasteiger partial charge >= 0.3 is 0 Å². The van der Waals surface area contributed by atoms with Crippen LogP contribution in [0, 0.1) is 0 Å². The zero-order valence-corrected chi connectivity index (χ0v) is 17.0. The van der Waals surface area contributed by atoms with Crippen LogP contribution < -0.4 is 19.9 Å². The van der Waals surface area contributed by atoms with Crippen LogP contribution in [0.2, 0.25) is 0 Å². The lowest BCUT2D eigenvalue weighted by Crippen LogP contribution is -2.47. The van der Waals surface area contributed by atoms with Crippen molar-refractivity contribution in [2.24, 2.45) is 0 Å². The molecule has 1 saturated heterocycles. The number of methoxy groups -OCH3 is 1. The smallest absolute Gasteiger partial charge is 0.229 e. The average molecular weight is 390 g/mol. The number of aryl methyl sites for hydroxylation is 1. The molecule has 150 valence electrons. The van der Waals surface area contributed by atoms with Crippen LogP contribution in [0.1, 0.15) is 12.5 Å². The Bertz CT molecular complexity index is 936. The lowest BCUT2D eigenvalue weighted by Gasteiger charge is -2.37. The highest BCUT2D eigenvalue weighted by atomic mass is 16.5. The third-order valence-corrected chi connectivity index (χ3v) is 5.29. The van der Waals surface area contributed by atoms with Crippen molar-refractivity contribution in [2.75, 3.05) is 48.4 Å². The highest BCUT2D eigenvalue weighted by Crippen LogP contribution is 2.29. The summed E-state index contributed by atoms with van der Waals surface area (Å²) in [6.07, 6.45) is 2.85. The Balaban J connectivity index is 1.41. The molecule has 1 aromatic heterocycles. The summed E-state index contributed by atoms with van der Waals surface area (Å²) in [6.45, 7) is 5.80. The van der Waals surface area contributed by atoms with E-state index < -0.39 is 0 Å². The Kier molecular flexibility index (Phi) is 5.79. The summed E-state index contributed by atoms with van der Waals surface area (Å²) >= 11 is 0. The standard InChI is InChI=1S/C23H27N5O/c1-3-18-8-10-19(11-9-18)25-23-24-13-12-22(26-23)28-16-14-27(15-17-28)20-6-4-5-7-21(20)29-2/h4-13H,3,14-17H2,1-2H3,(H,24,25,26). The summed E-state index contributed by atoms with van der Waals surface area (Å²) in [4.78, 5) is 13.8. The maximum Gasteiger partial charge on any atom is 0.229 e. The topological polar surface area (TPSA) is 53.5 Å². The Morgan fingerprint density at radius 3 is 2.38 bits per heavy atom. The molecule has 4 rings (SSSR count). The number of ether oxygens (including phenoxy) is 1. The lowest BCUT2D eigenvalue weighted by molar-refractivity contribution is 0.413. The quantitative estimate of drug-likeness (QED) is 0.685. The molecule has 6 nitrogen and oxygen atoms in total. The van der Waals surface area contributed by atoms with E-state index in [1.807, 2.05) is 24.4 Å². The molecule has 1 aliphatic rings. The van der Waals surface area contributed by atoms with Gasteiger partial charge in [-0.05, 0) is 42.3 Å². The SMILES string of the molecule is CCc1ccc(Nc2nccc(N3CCN(c4ccccc4OC)CC3)n2)cc1. The molecule has 1 aliphatic heterocycles. The fourth-order valence-electron chi connectivity index (χ4n) is 3.61. The first kappa shape index (κ1) is 19.1. The maximum atomic E-state index is 5.51. The second kappa shape index (κ2) is 8.82. The van der Waals surface area contributed by atoms with Crippen molar-refractivity contribution in [1.82, 2.24) is 9.97 Å². The minimum absolute atomic E-state index is 0.624. The van der Waals surface area contributed by atoms with Crippen LogP contribution >= 0.6 is 0 Å². The van der Waals surface area contributed by atoms with Crippen molar-refractivity contribution in [3.05, 3.63) is 66.4 Å². The summed E-state index contributed by atoms with van der Waals surface area (Å²) in [5, 5.41) is 3.31. The first-order valence-electron chi connectivity index (χ1n) is 10.1. The number of nitrogens with zero attached hydrogens (tertiary/aromatic N) is 4. The number of piperazine rings is 1. The molecule has 2 heterocycles. The van der Waals surface area contributed by atoms with Gasteiger partial charge in [-0.3, -0.25) is 0 Å². The first-order chi connectivity index (χ1) is 14.3. The highest BCUT2D eigenvalue weighted by molar-refractivity contribution is 5.60. The van der Waals surface area contributed by atoms with Crippen molar-refractivity contribution in [3.63, 3.8) is 0 Å². The molecular formula is C23H27N5O. The van der Waals surface area contributed by atoms with Gasteiger partial charge in [-0.15, -0.1) is 0 Å². The maximum absolute atomic E-state index is 5.51. The summed E-state index contributed by atoms with van der Waals surface area (Å²) in [7, 11) is 1.72. The van der Waals surface area contributed by atoms with Crippen molar-refractivity contribution < 1.29 is 4.74 Å². The number of para-hydroxylation sites is 2. The molecule has 29 heavy (non-hydrogen) atoms. The van der Waals surface area contributed by atoms with E-state index in [1.54, 1.807) is 7.11 Å². The number of benzene rings is 2. The van der Waals surface area contributed by atoms with Crippen molar-refractivity contribution in [1.29, 1.82) is 0 Å². The number of hydrogen-bond acceptors (Lipinski definition) is 6. The Labute approximate surface area is 172 Å². The molecule has 0 aliphatic carbocycles. The minimum Gasteiger partial charge on any atom is -0.495 e. The molecule has 0 atom stereocenters. The van der Waals surface area contributed by atoms with Gasteiger partial charge < -0.3 is 19.9 Å². The molecule has 0 saturated carbocycles. The van der Waals surface area contributed by atoms with Gasteiger partial charge in [0.1, 0.15) is 11.6 Å². The predicted molar refractivity (Wildman–Crippen MR) is 119 cm³/mol. The summed E-state index contributed by atoms with van der Waals surface area (Å²) in [6, 6.07) is 18.6. The molecule has 0 unspecified atom stereocenters. The summed E-state index contributed by atoms with van der Waals surface area (Å²) < 4.78 is 5.51. The Hall–Kier alpha value is -3.28. The zero-order valence-electron chi connectivity index (χ0n) is 17.0. The molecular weight excluding hydrogens is 362 g/mol. The van der Waals surface area contributed by atoms with E-state index in [4.69, 9.17) is 9.72 Å². The largest absolute Gasteiger partial charge is 0.495 e. The van der Waals surface area contributed by atoms with Gasteiger partial charge in [0.2, 0.25) is 5.95 Å². The van der Waals surface area contributed by atoms with E-state index in [-0.39, 0.29) is 0 Å². The van der Waals surface area contributed by atoms with Crippen LogP contribution in [-0.2, 0) is 6.42 Å². The third-order valence-electron chi connectivity index (χ3n) is 5.29. The zero-order chi connectivity index (χ0) is 20.1. The van der Waals surface area contributed by atoms with E-state index in [9.17, 15) is 0 Å².